The van der Waals surface area contributed by atoms with Gasteiger partial charge >= 0.3 is 0 Å². The standard InChI is InChI=1S/C10H6BrF2N3O/c11-8-9(14-4-15-10(8)17)16-7-3-5(12)1-2-6(7)13/h1-4H,(H2,14,15,16,17). The van der Waals surface area contributed by atoms with Gasteiger partial charge < -0.3 is 10.3 Å². The number of halogens is 3. The molecule has 1 aromatic heterocycles. The largest absolute Gasteiger partial charge is 0.337 e. The number of nitrogens with one attached hydrogen (secondary N) is 2. The Kier molecular flexibility index (Phi) is 3.19. The third kappa shape index (κ3) is 2.50. The molecule has 0 saturated heterocycles. The molecule has 2 rings (SSSR count). The Morgan fingerprint density at radius 1 is 1.35 bits per heavy atom. The summed E-state index contributed by atoms with van der Waals surface area (Å²) >= 11 is 3.00. The topological polar surface area (TPSA) is 57.8 Å². The number of hydrogen-bond donors (Lipinski definition) is 2. The van der Waals surface area contributed by atoms with Crippen molar-refractivity contribution in [1.82, 2.24) is 9.97 Å². The molecule has 4 nitrogen and oxygen atoms in total. The first-order valence-corrected chi connectivity index (χ1v) is 5.32. The van der Waals surface area contributed by atoms with E-state index in [9.17, 15) is 13.6 Å². The summed E-state index contributed by atoms with van der Waals surface area (Å²) in [6.45, 7) is 0. The summed E-state index contributed by atoms with van der Waals surface area (Å²) in [5, 5.41) is 2.53. The van der Waals surface area contributed by atoms with Crippen LogP contribution in [0.4, 0.5) is 20.3 Å². The van der Waals surface area contributed by atoms with Crippen molar-refractivity contribution in [3.63, 3.8) is 0 Å². The average molecular weight is 302 g/mol. The highest BCUT2D eigenvalue weighted by atomic mass is 79.9. The fourth-order valence-corrected chi connectivity index (χ4v) is 1.51. The minimum absolute atomic E-state index is 0.0937. The van der Waals surface area contributed by atoms with Crippen molar-refractivity contribution in [2.24, 2.45) is 0 Å². The van der Waals surface area contributed by atoms with Crippen molar-refractivity contribution in [2.75, 3.05) is 5.32 Å². The number of aromatic nitrogens is 2. The van der Waals surface area contributed by atoms with Crippen LogP contribution in [0.2, 0.25) is 0 Å². The van der Waals surface area contributed by atoms with Gasteiger partial charge in [-0.15, -0.1) is 0 Å². The van der Waals surface area contributed by atoms with Crippen molar-refractivity contribution in [3.05, 3.63) is 51.0 Å². The highest BCUT2D eigenvalue weighted by Gasteiger charge is 2.09. The third-order valence-corrected chi connectivity index (χ3v) is 2.71. The van der Waals surface area contributed by atoms with E-state index in [4.69, 9.17) is 0 Å². The van der Waals surface area contributed by atoms with Gasteiger partial charge in [0.2, 0.25) is 0 Å². The zero-order valence-corrected chi connectivity index (χ0v) is 9.88. The van der Waals surface area contributed by atoms with Gasteiger partial charge in [-0.3, -0.25) is 4.79 Å². The second kappa shape index (κ2) is 4.62. The number of benzene rings is 1. The summed E-state index contributed by atoms with van der Waals surface area (Å²) in [5.74, 6) is -1.12. The molecule has 0 fully saturated rings. The lowest BCUT2D eigenvalue weighted by Crippen LogP contribution is -2.10. The lowest BCUT2D eigenvalue weighted by molar-refractivity contribution is 0.603. The Labute approximate surface area is 103 Å². The summed E-state index contributed by atoms with van der Waals surface area (Å²) < 4.78 is 26.4. The zero-order valence-electron chi connectivity index (χ0n) is 8.30. The van der Waals surface area contributed by atoms with E-state index in [2.05, 4.69) is 31.2 Å². The summed E-state index contributed by atoms with van der Waals surface area (Å²) in [6, 6.07) is 2.96. The van der Waals surface area contributed by atoms with Crippen molar-refractivity contribution in [2.45, 2.75) is 0 Å². The number of hydrogen-bond acceptors (Lipinski definition) is 3. The molecule has 0 unspecified atom stereocenters. The van der Waals surface area contributed by atoms with Gasteiger partial charge in [-0.05, 0) is 28.1 Å². The fourth-order valence-electron chi connectivity index (χ4n) is 1.19. The molecule has 0 atom stereocenters. The SMILES string of the molecule is O=c1[nH]cnc(Nc2cc(F)ccc2F)c1Br. The second-order valence-electron chi connectivity index (χ2n) is 3.14. The van der Waals surface area contributed by atoms with Crippen LogP contribution in [0, 0.1) is 11.6 Å². The van der Waals surface area contributed by atoms with Gasteiger partial charge in [0.15, 0.2) is 5.82 Å². The van der Waals surface area contributed by atoms with Gasteiger partial charge in [0.1, 0.15) is 16.1 Å². The molecule has 0 aliphatic rings. The zero-order chi connectivity index (χ0) is 12.4. The van der Waals surface area contributed by atoms with Crippen molar-refractivity contribution in [3.8, 4) is 0 Å². The minimum Gasteiger partial charge on any atom is -0.337 e. The molecule has 0 radical (unpaired) electrons. The Morgan fingerprint density at radius 2 is 2.12 bits per heavy atom. The van der Waals surface area contributed by atoms with E-state index in [0.29, 0.717) is 0 Å². The number of anilines is 2. The molecule has 17 heavy (non-hydrogen) atoms. The van der Waals surface area contributed by atoms with E-state index < -0.39 is 17.2 Å². The molecule has 1 heterocycles. The quantitative estimate of drug-likeness (QED) is 0.896. The van der Waals surface area contributed by atoms with Crippen molar-refractivity contribution >= 4 is 27.4 Å². The molecule has 0 spiro atoms. The maximum Gasteiger partial charge on any atom is 0.267 e. The van der Waals surface area contributed by atoms with E-state index in [0.717, 1.165) is 24.5 Å². The molecule has 0 aliphatic heterocycles. The monoisotopic (exact) mass is 301 g/mol. The molecule has 0 saturated carbocycles. The molecular weight excluding hydrogens is 296 g/mol. The predicted octanol–water partition coefficient (Wildman–Crippen LogP) is 2.55. The number of H-pyrrole nitrogens is 1. The summed E-state index contributed by atoms with van der Waals surface area (Å²) in [6.07, 6.45) is 1.16. The Balaban J connectivity index is 2.41. The maximum atomic E-state index is 13.3. The van der Waals surface area contributed by atoms with Crippen LogP contribution < -0.4 is 10.9 Å². The third-order valence-electron chi connectivity index (χ3n) is 1.98. The number of nitrogens with zero attached hydrogens (tertiary/aromatic N) is 1. The number of aromatic amines is 1. The van der Waals surface area contributed by atoms with Crippen LogP contribution in [-0.4, -0.2) is 9.97 Å². The first-order chi connectivity index (χ1) is 8.08. The van der Waals surface area contributed by atoms with Crippen LogP contribution in [0.25, 0.3) is 0 Å². The highest BCUT2D eigenvalue weighted by molar-refractivity contribution is 9.10. The Bertz CT molecular complexity index is 615. The van der Waals surface area contributed by atoms with Gasteiger partial charge in [0.05, 0.1) is 12.0 Å². The molecular formula is C10H6BrF2N3O. The highest BCUT2D eigenvalue weighted by Crippen LogP contribution is 2.22. The Hall–Kier alpha value is -1.76. The van der Waals surface area contributed by atoms with E-state index in [1.807, 2.05) is 0 Å². The van der Waals surface area contributed by atoms with Gasteiger partial charge in [-0.1, -0.05) is 0 Å². The molecule has 0 amide bonds. The predicted molar refractivity (Wildman–Crippen MR) is 62.2 cm³/mol. The minimum atomic E-state index is -0.639. The van der Waals surface area contributed by atoms with Gasteiger partial charge in [-0.2, -0.15) is 0 Å². The Morgan fingerprint density at radius 3 is 2.88 bits per heavy atom. The second-order valence-corrected chi connectivity index (χ2v) is 3.94. The molecule has 0 aliphatic carbocycles. The van der Waals surface area contributed by atoms with E-state index in [-0.39, 0.29) is 16.0 Å². The maximum absolute atomic E-state index is 13.3. The van der Waals surface area contributed by atoms with Gasteiger partial charge in [0, 0.05) is 6.07 Å². The normalized spacial score (nSPS) is 10.3. The molecule has 1 aromatic carbocycles. The summed E-state index contributed by atoms with van der Waals surface area (Å²) in [5.41, 5.74) is -0.511. The first kappa shape index (κ1) is 11.7. The van der Waals surface area contributed by atoms with E-state index >= 15 is 0 Å². The van der Waals surface area contributed by atoms with Crippen molar-refractivity contribution in [1.29, 1.82) is 0 Å². The van der Waals surface area contributed by atoms with Crippen LogP contribution in [0.15, 0.2) is 33.8 Å². The van der Waals surface area contributed by atoms with Gasteiger partial charge in [-0.25, -0.2) is 13.8 Å². The molecule has 88 valence electrons. The van der Waals surface area contributed by atoms with Crippen LogP contribution >= 0.6 is 15.9 Å². The number of rotatable bonds is 2. The summed E-state index contributed by atoms with van der Waals surface area (Å²) in [4.78, 5) is 17.4. The van der Waals surface area contributed by atoms with Crippen molar-refractivity contribution < 1.29 is 8.78 Å². The summed E-state index contributed by atoms with van der Waals surface area (Å²) in [7, 11) is 0. The smallest absolute Gasteiger partial charge is 0.267 e. The van der Waals surface area contributed by atoms with E-state index in [1.54, 1.807) is 0 Å². The van der Waals surface area contributed by atoms with Crippen LogP contribution in [0.1, 0.15) is 0 Å². The van der Waals surface area contributed by atoms with Gasteiger partial charge in [0.25, 0.3) is 5.56 Å². The van der Waals surface area contributed by atoms with Crippen LogP contribution in [-0.2, 0) is 0 Å². The molecule has 7 heteroatoms. The van der Waals surface area contributed by atoms with Crippen LogP contribution in [0.3, 0.4) is 0 Å². The average Bonchev–Trinajstić information content (AvgIpc) is 2.30. The lowest BCUT2D eigenvalue weighted by Gasteiger charge is -2.07. The molecule has 2 aromatic rings. The van der Waals surface area contributed by atoms with Crippen LogP contribution in [0.5, 0.6) is 0 Å². The fraction of sp³-hybridized carbons (Fsp3) is 0. The lowest BCUT2D eigenvalue weighted by atomic mass is 10.3. The molecule has 2 N–H and O–H groups in total. The first-order valence-electron chi connectivity index (χ1n) is 4.53. The van der Waals surface area contributed by atoms with E-state index in [1.165, 1.54) is 0 Å². The molecule has 0 bridgehead atoms.